The quantitative estimate of drug-likeness (QED) is 0.622. The van der Waals surface area contributed by atoms with Crippen LogP contribution in [0.25, 0.3) is 6.08 Å². The number of ether oxygens (including phenoxy) is 1. The molecule has 0 aromatic carbocycles. The number of hydrogen-bond donors (Lipinski definition) is 1. The third-order valence-corrected chi connectivity index (χ3v) is 2.68. The van der Waals surface area contributed by atoms with Gasteiger partial charge in [-0.3, -0.25) is 0 Å². The Hall–Kier alpha value is -1.69. The maximum Gasteiger partial charge on any atom is 0.347 e. The van der Waals surface area contributed by atoms with Crippen molar-refractivity contribution in [3.8, 4) is 0 Å². The summed E-state index contributed by atoms with van der Waals surface area (Å²) in [5, 5.41) is 9.23. The first-order valence-electron chi connectivity index (χ1n) is 4.01. The third kappa shape index (κ3) is 2.88. The number of carbonyl (C=O) groups is 2. The Morgan fingerprint density at radius 3 is 2.67 bits per heavy atom. The molecule has 0 aliphatic heterocycles. The van der Waals surface area contributed by atoms with E-state index in [4.69, 9.17) is 5.11 Å². The molecule has 1 N–H and O–H groups in total. The molecule has 0 fully saturated rings. The molecule has 1 aromatic rings. The number of nitrogens with zero attached hydrogens (tertiary/aromatic N) is 1. The Bertz CT molecular complexity index is 422. The Balaban J connectivity index is 2.89. The molecule has 0 atom stereocenters. The van der Waals surface area contributed by atoms with Crippen LogP contribution in [0.3, 0.4) is 0 Å². The Labute approximate surface area is 90.0 Å². The minimum absolute atomic E-state index is 0.180. The van der Waals surface area contributed by atoms with Crippen molar-refractivity contribution >= 4 is 29.4 Å². The van der Waals surface area contributed by atoms with Gasteiger partial charge in [-0.25, -0.2) is 14.6 Å². The van der Waals surface area contributed by atoms with Gasteiger partial charge in [0.25, 0.3) is 0 Å². The largest absolute Gasteiger partial charge is 0.477 e. The summed E-state index contributed by atoms with van der Waals surface area (Å²) in [5.74, 6) is -1.51. The molecule has 0 unspecified atom stereocenters. The zero-order chi connectivity index (χ0) is 11.4. The number of thiazole rings is 1. The lowest BCUT2D eigenvalue weighted by Crippen LogP contribution is -1.94. The summed E-state index contributed by atoms with van der Waals surface area (Å²) in [4.78, 5) is 25.6. The van der Waals surface area contributed by atoms with Gasteiger partial charge in [0.1, 0.15) is 9.88 Å². The van der Waals surface area contributed by atoms with Gasteiger partial charge in [-0.15, -0.1) is 11.3 Å². The molecular formula is C9H9NO4S. The Morgan fingerprint density at radius 1 is 1.53 bits per heavy atom. The lowest BCUT2D eigenvalue weighted by atomic mass is 10.4. The van der Waals surface area contributed by atoms with E-state index in [0.717, 1.165) is 11.3 Å². The van der Waals surface area contributed by atoms with Crippen LogP contribution < -0.4 is 0 Å². The first-order valence-corrected chi connectivity index (χ1v) is 4.83. The predicted molar refractivity (Wildman–Crippen MR) is 54.9 cm³/mol. The van der Waals surface area contributed by atoms with Gasteiger partial charge in [0.2, 0.25) is 0 Å². The Morgan fingerprint density at radius 2 is 2.20 bits per heavy atom. The number of carboxylic acids is 1. The van der Waals surface area contributed by atoms with Gasteiger partial charge in [-0.2, -0.15) is 0 Å². The number of esters is 1. The van der Waals surface area contributed by atoms with E-state index >= 15 is 0 Å². The molecule has 1 rings (SSSR count). The molecule has 0 aliphatic carbocycles. The first kappa shape index (κ1) is 11.4. The minimum atomic E-state index is -1.01. The molecule has 0 saturated carbocycles. The second-order valence-electron chi connectivity index (χ2n) is 2.63. The lowest BCUT2D eigenvalue weighted by molar-refractivity contribution is -0.134. The number of aryl methyl sites for hydroxylation is 1. The van der Waals surface area contributed by atoms with Gasteiger partial charge in [0, 0.05) is 6.08 Å². The molecule has 0 radical (unpaired) electrons. The summed E-state index contributed by atoms with van der Waals surface area (Å²) >= 11 is 1.01. The number of methoxy groups -OCH3 is 1. The van der Waals surface area contributed by atoms with E-state index < -0.39 is 11.9 Å². The van der Waals surface area contributed by atoms with Crippen molar-refractivity contribution in [3.05, 3.63) is 21.7 Å². The number of rotatable bonds is 3. The van der Waals surface area contributed by atoms with E-state index in [2.05, 4.69) is 9.72 Å². The molecule has 0 amide bonds. The smallest absolute Gasteiger partial charge is 0.347 e. The third-order valence-electron chi connectivity index (χ3n) is 1.57. The number of carboxylic acid groups (broad SMARTS) is 1. The molecule has 80 valence electrons. The summed E-state index contributed by atoms with van der Waals surface area (Å²) in [6.07, 6.45) is 2.62. The number of hydrogen-bond acceptors (Lipinski definition) is 5. The number of aromatic nitrogens is 1. The van der Waals surface area contributed by atoms with Crippen molar-refractivity contribution in [2.75, 3.05) is 7.11 Å². The minimum Gasteiger partial charge on any atom is -0.477 e. The fraction of sp³-hybridized carbons (Fsp3) is 0.222. The summed E-state index contributed by atoms with van der Waals surface area (Å²) in [6.45, 7) is 1.61. The van der Waals surface area contributed by atoms with Crippen molar-refractivity contribution in [1.82, 2.24) is 4.98 Å². The van der Waals surface area contributed by atoms with Crippen LogP contribution in [0.2, 0.25) is 0 Å². The average Bonchev–Trinajstić information content (AvgIpc) is 2.56. The zero-order valence-corrected chi connectivity index (χ0v) is 9.00. The topological polar surface area (TPSA) is 76.5 Å². The number of carbonyl (C=O) groups excluding carboxylic acids is 1. The monoisotopic (exact) mass is 227 g/mol. The maximum atomic E-state index is 10.8. The fourth-order valence-electron chi connectivity index (χ4n) is 0.894. The van der Waals surface area contributed by atoms with Gasteiger partial charge in [0.05, 0.1) is 12.8 Å². The molecule has 6 heteroatoms. The van der Waals surface area contributed by atoms with Crippen LogP contribution in [0.1, 0.15) is 20.4 Å². The van der Waals surface area contributed by atoms with Crippen molar-refractivity contribution in [2.45, 2.75) is 6.92 Å². The predicted octanol–water partition coefficient (Wildman–Crippen LogP) is 1.34. The van der Waals surface area contributed by atoms with Gasteiger partial charge in [0.15, 0.2) is 0 Å². The van der Waals surface area contributed by atoms with Crippen LogP contribution in [-0.2, 0) is 9.53 Å². The van der Waals surface area contributed by atoms with Gasteiger partial charge >= 0.3 is 11.9 Å². The van der Waals surface area contributed by atoms with Crippen molar-refractivity contribution in [2.24, 2.45) is 0 Å². The van der Waals surface area contributed by atoms with E-state index in [9.17, 15) is 9.59 Å². The molecule has 1 aromatic heterocycles. The fourth-order valence-corrected chi connectivity index (χ4v) is 1.70. The van der Waals surface area contributed by atoms with E-state index in [1.807, 2.05) is 0 Å². The second kappa shape index (κ2) is 4.70. The summed E-state index contributed by atoms with van der Waals surface area (Å²) < 4.78 is 4.39. The highest BCUT2D eigenvalue weighted by Crippen LogP contribution is 2.18. The van der Waals surface area contributed by atoms with Crippen LogP contribution in [0, 0.1) is 6.92 Å². The molecule has 0 saturated heterocycles. The molecule has 1 heterocycles. The molecule has 0 spiro atoms. The zero-order valence-electron chi connectivity index (χ0n) is 8.18. The van der Waals surface area contributed by atoms with Gasteiger partial charge < -0.3 is 9.84 Å². The highest BCUT2D eigenvalue weighted by atomic mass is 32.1. The van der Waals surface area contributed by atoms with E-state index in [-0.39, 0.29) is 4.88 Å². The molecule has 0 bridgehead atoms. The SMILES string of the molecule is COC(=O)C=Cc1nc(C)c(C(=O)O)s1. The molecule has 0 aliphatic rings. The van der Waals surface area contributed by atoms with Crippen molar-refractivity contribution < 1.29 is 19.4 Å². The highest BCUT2D eigenvalue weighted by Gasteiger charge is 2.12. The van der Waals surface area contributed by atoms with Crippen molar-refractivity contribution in [3.63, 3.8) is 0 Å². The standard InChI is InChI=1S/C9H9NO4S/c1-5-8(9(12)13)15-6(10-5)3-4-7(11)14-2/h3-4H,1-2H3,(H,12,13). The van der Waals surface area contributed by atoms with Crippen LogP contribution in [0.5, 0.6) is 0 Å². The van der Waals surface area contributed by atoms with E-state index in [1.165, 1.54) is 19.3 Å². The highest BCUT2D eigenvalue weighted by molar-refractivity contribution is 7.14. The summed E-state index contributed by atoms with van der Waals surface area (Å²) in [7, 11) is 1.27. The normalized spacial score (nSPS) is 10.5. The van der Waals surface area contributed by atoms with Gasteiger partial charge in [-0.05, 0) is 13.0 Å². The summed E-state index contributed by atoms with van der Waals surface area (Å²) in [5.41, 5.74) is 0.442. The van der Waals surface area contributed by atoms with E-state index in [0.29, 0.717) is 10.7 Å². The van der Waals surface area contributed by atoms with Crippen molar-refractivity contribution in [1.29, 1.82) is 0 Å². The van der Waals surface area contributed by atoms with Crippen LogP contribution in [-0.4, -0.2) is 29.1 Å². The van der Waals surface area contributed by atoms with Crippen LogP contribution in [0.4, 0.5) is 0 Å². The van der Waals surface area contributed by atoms with Crippen LogP contribution in [0.15, 0.2) is 6.08 Å². The Kier molecular flexibility index (Phi) is 3.56. The second-order valence-corrected chi connectivity index (χ2v) is 3.66. The summed E-state index contributed by atoms with van der Waals surface area (Å²) in [6, 6.07) is 0. The van der Waals surface area contributed by atoms with Gasteiger partial charge in [-0.1, -0.05) is 0 Å². The molecule has 5 nitrogen and oxygen atoms in total. The maximum absolute atomic E-state index is 10.8. The van der Waals surface area contributed by atoms with Crippen LogP contribution >= 0.6 is 11.3 Å². The molecular weight excluding hydrogens is 218 g/mol. The number of aromatic carboxylic acids is 1. The van der Waals surface area contributed by atoms with E-state index in [1.54, 1.807) is 6.92 Å². The average molecular weight is 227 g/mol. The first-order chi connectivity index (χ1) is 7.04. The molecule has 15 heavy (non-hydrogen) atoms. The lowest BCUT2D eigenvalue weighted by Gasteiger charge is -1.87.